The Kier molecular flexibility index (Phi) is 4.95. The van der Waals surface area contributed by atoms with Crippen LogP contribution in [0.1, 0.15) is 43.9 Å². The molecule has 4 heteroatoms. The highest BCUT2D eigenvalue weighted by molar-refractivity contribution is 5.67. The Morgan fingerprint density at radius 1 is 1.47 bits per heavy atom. The van der Waals surface area contributed by atoms with E-state index in [1.807, 2.05) is 39.0 Å². The first-order valence-electron chi connectivity index (χ1n) is 6.37. The van der Waals surface area contributed by atoms with Gasteiger partial charge in [0.1, 0.15) is 5.75 Å². The molecule has 0 amide bonds. The number of benzene rings is 1. The van der Waals surface area contributed by atoms with Gasteiger partial charge in [0.2, 0.25) is 0 Å². The molecule has 1 rings (SSSR count). The summed E-state index contributed by atoms with van der Waals surface area (Å²) in [6, 6.07) is 5.64. The third kappa shape index (κ3) is 4.56. The Morgan fingerprint density at radius 2 is 2.11 bits per heavy atom. The second kappa shape index (κ2) is 6.06. The summed E-state index contributed by atoms with van der Waals surface area (Å²) in [6.07, 6.45) is 0.702. The molecule has 4 nitrogen and oxygen atoms in total. The Hall–Kier alpha value is -1.55. The SMILES string of the molecule is COc1ccc(C)cc1C(N)CC(C)(C)CC(=O)O. The zero-order chi connectivity index (χ0) is 14.6. The van der Waals surface area contributed by atoms with Crippen LogP contribution in [0, 0.1) is 12.3 Å². The molecule has 1 aromatic rings. The fourth-order valence-electron chi connectivity index (χ4n) is 2.33. The number of rotatable bonds is 6. The highest BCUT2D eigenvalue weighted by Gasteiger charge is 2.26. The highest BCUT2D eigenvalue weighted by atomic mass is 16.5. The van der Waals surface area contributed by atoms with Crippen molar-refractivity contribution in [2.75, 3.05) is 7.11 Å². The first kappa shape index (κ1) is 15.5. The van der Waals surface area contributed by atoms with Crippen LogP contribution in [0.15, 0.2) is 18.2 Å². The van der Waals surface area contributed by atoms with Crippen LogP contribution in [-0.4, -0.2) is 18.2 Å². The van der Waals surface area contributed by atoms with Crippen molar-refractivity contribution in [1.82, 2.24) is 0 Å². The van der Waals surface area contributed by atoms with E-state index in [1.165, 1.54) is 0 Å². The molecule has 0 aliphatic heterocycles. The minimum Gasteiger partial charge on any atom is -0.496 e. The highest BCUT2D eigenvalue weighted by Crippen LogP contribution is 2.35. The van der Waals surface area contributed by atoms with Crippen molar-refractivity contribution < 1.29 is 14.6 Å². The van der Waals surface area contributed by atoms with E-state index in [0.29, 0.717) is 6.42 Å². The maximum Gasteiger partial charge on any atom is 0.303 e. The number of nitrogens with two attached hydrogens (primary N) is 1. The molecule has 19 heavy (non-hydrogen) atoms. The number of carbonyl (C=O) groups is 1. The fourth-order valence-corrected chi connectivity index (χ4v) is 2.33. The third-order valence-electron chi connectivity index (χ3n) is 3.19. The summed E-state index contributed by atoms with van der Waals surface area (Å²) in [5.41, 5.74) is 7.93. The molecular formula is C15H23NO3. The van der Waals surface area contributed by atoms with Crippen molar-refractivity contribution >= 4 is 5.97 Å². The van der Waals surface area contributed by atoms with E-state index >= 15 is 0 Å². The molecule has 106 valence electrons. The molecule has 0 bridgehead atoms. The number of aryl methyl sites for hydroxylation is 1. The van der Waals surface area contributed by atoms with Gasteiger partial charge in [0.25, 0.3) is 0 Å². The largest absolute Gasteiger partial charge is 0.496 e. The normalized spacial score (nSPS) is 13.1. The summed E-state index contributed by atoms with van der Waals surface area (Å²) >= 11 is 0. The average Bonchev–Trinajstić information content (AvgIpc) is 2.26. The van der Waals surface area contributed by atoms with Crippen LogP contribution in [-0.2, 0) is 4.79 Å². The van der Waals surface area contributed by atoms with Crippen LogP contribution < -0.4 is 10.5 Å². The van der Waals surface area contributed by atoms with Crippen molar-refractivity contribution in [2.45, 2.75) is 39.7 Å². The summed E-state index contributed by atoms with van der Waals surface area (Å²) in [7, 11) is 1.61. The maximum absolute atomic E-state index is 10.8. The third-order valence-corrected chi connectivity index (χ3v) is 3.19. The van der Waals surface area contributed by atoms with Crippen LogP contribution in [0.25, 0.3) is 0 Å². The van der Waals surface area contributed by atoms with Crippen molar-refractivity contribution in [3.05, 3.63) is 29.3 Å². The number of hydrogen-bond donors (Lipinski definition) is 2. The molecule has 0 aliphatic rings. The van der Waals surface area contributed by atoms with Crippen LogP contribution in [0.5, 0.6) is 5.75 Å². The maximum atomic E-state index is 10.8. The first-order valence-corrected chi connectivity index (χ1v) is 6.37. The van der Waals surface area contributed by atoms with Gasteiger partial charge in [-0.2, -0.15) is 0 Å². The summed E-state index contributed by atoms with van der Waals surface area (Å²) in [4.78, 5) is 10.8. The zero-order valence-corrected chi connectivity index (χ0v) is 12.1. The van der Waals surface area contributed by atoms with Crippen LogP contribution >= 0.6 is 0 Å². The lowest BCUT2D eigenvalue weighted by atomic mass is 9.81. The molecule has 0 spiro atoms. The summed E-state index contributed by atoms with van der Waals surface area (Å²) in [6.45, 7) is 5.84. The average molecular weight is 265 g/mol. The predicted octanol–water partition coefficient (Wildman–Crippen LogP) is 2.89. The molecule has 0 radical (unpaired) electrons. The number of carboxylic acids is 1. The molecule has 0 fully saturated rings. The van der Waals surface area contributed by atoms with Gasteiger partial charge in [0, 0.05) is 11.6 Å². The van der Waals surface area contributed by atoms with Crippen LogP contribution in [0.4, 0.5) is 0 Å². The van der Waals surface area contributed by atoms with E-state index in [1.54, 1.807) is 7.11 Å². The van der Waals surface area contributed by atoms with Gasteiger partial charge in [-0.15, -0.1) is 0 Å². The lowest BCUT2D eigenvalue weighted by molar-refractivity contribution is -0.139. The molecule has 0 saturated carbocycles. The van der Waals surface area contributed by atoms with Gasteiger partial charge >= 0.3 is 5.97 Å². The van der Waals surface area contributed by atoms with Gasteiger partial charge in [-0.25, -0.2) is 0 Å². The first-order chi connectivity index (χ1) is 8.75. The van der Waals surface area contributed by atoms with E-state index < -0.39 is 5.97 Å². The van der Waals surface area contributed by atoms with E-state index in [0.717, 1.165) is 16.9 Å². The number of ether oxygens (including phenoxy) is 1. The molecule has 0 aliphatic carbocycles. The van der Waals surface area contributed by atoms with Gasteiger partial charge in [-0.1, -0.05) is 31.5 Å². The van der Waals surface area contributed by atoms with Crippen molar-refractivity contribution in [3.8, 4) is 5.75 Å². The van der Waals surface area contributed by atoms with E-state index in [2.05, 4.69) is 0 Å². The minimum atomic E-state index is -0.798. The minimum absolute atomic E-state index is 0.106. The Balaban J connectivity index is 2.91. The van der Waals surface area contributed by atoms with Gasteiger partial charge in [-0.05, 0) is 24.8 Å². The molecule has 1 unspecified atom stereocenters. The molecule has 3 N–H and O–H groups in total. The lowest BCUT2D eigenvalue weighted by Crippen LogP contribution is -2.24. The number of hydrogen-bond acceptors (Lipinski definition) is 3. The smallest absolute Gasteiger partial charge is 0.303 e. The monoisotopic (exact) mass is 265 g/mol. The molecule has 0 heterocycles. The van der Waals surface area contributed by atoms with Crippen LogP contribution in [0.3, 0.4) is 0 Å². The second-order valence-electron chi connectivity index (χ2n) is 5.79. The summed E-state index contributed by atoms with van der Waals surface area (Å²) < 4.78 is 5.32. The predicted molar refractivity (Wildman–Crippen MR) is 75.3 cm³/mol. The van der Waals surface area contributed by atoms with E-state index in [4.69, 9.17) is 15.6 Å². The Morgan fingerprint density at radius 3 is 2.63 bits per heavy atom. The lowest BCUT2D eigenvalue weighted by Gasteiger charge is -2.27. The molecule has 0 saturated heterocycles. The van der Waals surface area contributed by atoms with Crippen molar-refractivity contribution in [2.24, 2.45) is 11.1 Å². The van der Waals surface area contributed by atoms with E-state index in [9.17, 15) is 4.79 Å². The van der Waals surface area contributed by atoms with Gasteiger partial charge in [-0.3, -0.25) is 4.79 Å². The zero-order valence-electron chi connectivity index (χ0n) is 12.1. The quantitative estimate of drug-likeness (QED) is 0.829. The molecular weight excluding hydrogens is 242 g/mol. The van der Waals surface area contributed by atoms with Crippen molar-refractivity contribution in [3.63, 3.8) is 0 Å². The second-order valence-corrected chi connectivity index (χ2v) is 5.79. The van der Waals surface area contributed by atoms with Crippen LogP contribution in [0.2, 0.25) is 0 Å². The summed E-state index contributed by atoms with van der Waals surface area (Å²) in [5, 5.41) is 8.91. The molecule has 1 aromatic carbocycles. The summed E-state index contributed by atoms with van der Waals surface area (Å²) in [5.74, 6) is -0.0439. The topological polar surface area (TPSA) is 72.5 Å². The van der Waals surface area contributed by atoms with Gasteiger partial charge < -0.3 is 15.6 Å². The molecule has 1 atom stereocenters. The van der Waals surface area contributed by atoms with Gasteiger partial charge in [0.05, 0.1) is 13.5 Å². The van der Waals surface area contributed by atoms with Gasteiger partial charge in [0.15, 0.2) is 0 Å². The number of methoxy groups -OCH3 is 1. The standard InChI is InChI=1S/C15H23NO3/c1-10-5-6-13(19-4)11(7-10)12(16)8-15(2,3)9-14(17)18/h5-7,12H,8-9,16H2,1-4H3,(H,17,18). The Labute approximate surface area is 114 Å². The number of aliphatic carboxylic acids is 1. The van der Waals surface area contributed by atoms with Crippen molar-refractivity contribution in [1.29, 1.82) is 0 Å². The van der Waals surface area contributed by atoms with E-state index in [-0.39, 0.29) is 17.9 Å². The number of carboxylic acid groups (broad SMARTS) is 1. The molecule has 0 aromatic heterocycles. The Bertz CT molecular complexity index is 455. The fraction of sp³-hybridized carbons (Fsp3) is 0.533.